The summed E-state index contributed by atoms with van der Waals surface area (Å²) >= 11 is 1.70. The van der Waals surface area contributed by atoms with Crippen molar-refractivity contribution in [3.8, 4) is 0 Å². The molecule has 0 aliphatic heterocycles. The van der Waals surface area contributed by atoms with Crippen molar-refractivity contribution in [3.05, 3.63) is 17.8 Å². The Bertz CT molecular complexity index is 412. The van der Waals surface area contributed by atoms with Crippen LogP contribution in [0.3, 0.4) is 0 Å². The Balaban J connectivity index is 2.40. The van der Waals surface area contributed by atoms with Crippen molar-refractivity contribution < 1.29 is 9.21 Å². The summed E-state index contributed by atoms with van der Waals surface area (Å²) in [5.41, 5.74) is -0.0691. The highest BCUT2D eigenvalue weighted by Gasteiger charge is 2.19. The van der Waals surface area contributed by atoms with Crippen LogP contribution in [0.25, 0.3) is 0 Å². The minimum atomic E-state index is -0.197. The van der Waals surface area contributed by atoms with Gasteiger partial charge in [0.05, 0.1) is 12.7 Å². The first kappa shape index (κ1) is 15.9. The normalized spacial score (nSPS) is 13.1. The first-order valence-corrected chi connectivity index (χ1v) is 7.71. The molecule has 1 atom stereocenters. The number of aromatic nitrogens is 1. The van der Waals surface area contributed by atoms with Crippen LogP contribution in [0, 0.1) is 0 Å². The van der Waals surface area contributed by atoms with Crippen LogP contribution in [0.2, 0.25) is 0 Å². The Hall–Kier alpha value is -1.17. The lowest BCUT2D eigenvalue weighted by Gasteiger charge is -2.13. The van der Waals surface area contributed by atoms with Gasteiger partial charge in [0, 0.05) is 17.2 Å². The van der Waals surface area contributed by atoms with Crippen LogP contribution >= 0.6 is 11.8 Å². The second-order valence-corrected chi connectivity index (χ2v) is 6.46. The summed E-state index contributed by atoms with van der Waals surface area (Å²) in [5, 5.41) is 5.59. The molecule has 2 N–H and O–H groups in total. The van der Waals surface area contributed by atoms with Crippen LogP contribution in [0.1, 0.15) is 39.3 Å². The van der Waals surface area contributed by atoms with Crippen LogP contribution in [0.4, 0.5) is 4.79 Å². The number of rotatable bonds is 5. The molecule has 1 rings (SSSR count). The van der Waals surface area contributed by atoms with E-state index >= 15 is 0 Å². The monoisotopic (exact) mass is 285 g/mol. The van der Waals surface area contributed by atoms with Crippen molar-refractivity contribution >= 4 is 17.8 Å². The van der Waals surface area contributed by atoms with Crippen LogP contribution in [0.15, 0.2) is 10.6 Å². The van der Waals surface area contributed by atoms with Crippen molar-refractivity contribution in [2.75, 3.05) is 12.0 Å². The lowest BCUT2D eigenvalue weighted by molar-refractivity contribution is 0.236. The van der Waals surface area contributed by atoms with E-state index in [0.29, 0.717) is 12.4 Å². The maximum absolute atomic E-state index is 11.6. The number of nitrogens with zero attached hydrogens (tertiary/aromatic N) is 1. The average Bonchev–Trinajstić information content (AvgIpc) is 2.74. The van der Waals surface area contributed by atoms with E-state index in [0.717, 1.165) is 11.5 Å². The summed E-state index contributed by atoms with van der Waals surface area (Å²) < 4.78 is 5.59. The van der Waals surface area contributed by atoms with Gasteiger partial charge in [0.2, 0.25) is 5.89 Å². The Kier molecular flexibility index (Phi) is 5.72. The van der Waals surface area contributed by atoms with Gasteiger partial charge in [-0.15, -0.1) is 0 Å². The maximum atomic E-state index is 11.6. The molecule has 1 aromatic heterocycles. The number of nitrogens with one attached hydrogen (secondary N) is 2. The highest BCUT2D eigenvalue weighted by molar-refractivity contribution is 7.98. The van der Waals surface area contributed by atoms with E-state index in [1.165, 1.54) is 0 Å². The van der Waals surface area contributed by atoms with Gasteiger partial charge in [-0.1, -0.05) is 20.8 Å². The average molecular weight is 285 g/mol. The molecule has 1 aromatic rings. The fourth-order valence-corrected chi connectivity index (χ4v) is 2.04. The standard InChI is InChI=1S/C13H23N3O2S/c1-9(8-19-5)16-12(17)15-7-11-14-6-10(18-11)13(2,3)4/h6,9H,7-8H2,1-5H3,(H2,15,16,17). The van der Waals surface area contributed by atoms with Crippen LogP contribution in [-0.2, 0) is 12.0 Å². The van der Waals surface area contributed by atoms with Crippen molar-refractivity contribution in [1.29, 1.82) is 0 Å². The molecule has 0 aromatic carbocycles. The Labute approximate surface area is 118 Å². The third-order valence-corrected chi connectivity index (χ3v) is 3.32. The summed E-state index contributed by atoms with van der Waals surface area (Å²) in [7, 11) is 0. The lowest BCUT2D eigenvalue weighted by Crippen LogP contribution is -2.41. The molecule has 0 bridgehead atoms. The summed E-state index contributed by atoms with van der Waals surface area (Å²) in [5.74, 6) is 2.23. The first-order chi connectivity index (χ1) is 8.82. The van der Waals surface area contributed by atoms with E-state index in [-0.39, 0.29) is 17.5 Å². The van der Waals surface area contributed by atoms with Gasteiger partial charge in [-0.05, 0) is 13.2 Å². The summed E-state index contributed by atoms with van der Waals surface area (Å²) in [6.45, 7) is 8.44. The summed E-state index contributed by atoms with van der Waals surface area (Å²) in [6.07, 6.45) is 3.72. The number of hydrogen-bond acceptors (Lipinski definition) is 4. The number of hydrogen-bond donors (Lipinski definition) is 2. The number of thioether (sulfide) groups is 1. The molecule has 0 fully saturated rings. The second-order valence-electron chi connectivity index (χ2n) is 5.55. The van der Waals surface area contributed by atoms with Crippen molar-refractivity contribution in [2.24, 2.45) is 0 Å². The first-order valence-electron chi connectivity index (χ1n) is 6.31. The molecule has 0 aliphatic rings. The largest absolute Gasteiger partial charge is 0.443 e. The van der Waals surface area contributed by atoms with Gasteiger partial charge >= 0.3 is 6.03 Å². The van der Waals surface area contributed by atoms with E-state index < -0.39 is 0 Å². The van der Waals surface area contributed by atoms with Gasteiger partial charge in [-0.2, -0.15) is 11.8 Å². The van der Waals surface area contributed by atoms with Gasteiger partial charge in [0.1, 0.15) is 5.76 Å². The number of urea groups is 1. The maximum Gasteiger partial charge on any atom is 0.315 e. The molecule has 2 amide bonds. The zero-order valence-corrected chi connectivity index (χ0v) is 13.1. The van der Waals surface area contributed by atoms with E-state index in [9.17, 15) is 4.79 Å². The topological polar surface area (TPSA) is 67.2 Å². The minimum absolute atomic E-state index is 0.0691. The predicted octanol–water partition coefficient (Wildman–Crippen LogP) is 2.52. The molecular formula is C13H23N3O2S. The minimum Gasteiger partial charge on any atom is -0.443 e. The third-order valence-electron chi connectivity index (χ3n) is 2.49. The molecule has 1 unspecified atom stereocenters. The zero-order valence-electron chi connectivity index (χ0n) is 12.2. The van der Waals surface area contributed by atoms with Crippen LogP contribution in [-0.4, -0.2) is 29.1 Å². The SMILES string of the molecule is CSCC(C)NC(=O)NCc1ncc(C(C)(C)C)o1. The molecular weight excluding hydrogens is 262 g/mol. The molecule has 0 saturated heterocycles. The van der Waals surface area contributed by atoms with Crippen molar-refractivity contribution in [1.82, 2.24) is 15.6 Å². The number of carbonyl (C=O) groups is 1. The third kappa shape index (κ3) is 5.55. The Morgan fingerprint density at radius 2 is 2.21 bits per heavy atom. The summed E-state index contributed by atoms with van der Waals surface area (Å²) in [4.78, 5) is 15.8. The van der Waals surface area contributed by atoms with Crippen LogP contribution < -0.4 is 10.6 Å². The van der Waals surface area contributed by atoms with Crippen LogP contribution in [0.5, 0.6) is 0 Å². The highest BCUT2D eigenvalue weighted by atomic mass is 32.2. The van der Waals surface area contributed by atoms with Gasteiger partial charge in [-0.3, -0.25) is 0 Å². The van der Waals surface area contributed by atoms with Gasteiger partial charge in [-0.25, -0.2) is 9.78 Å². The van der Waals surface area contributed by atoms with Crippen molar-refractivity contribution in [3.63, 3.8) is 0 Å². The molecule has 1 heterocycles. The molecule has 0 spiro atoms. The fourth-order valence-electron chi connectivity index (χ4n) is 1.46. The smallest absolute Gasteiger partial charge is 0.315 e. The molecule has 108 valence electrons. The number of carbonyl (C=O) groups excluding carboxylic acids is 1. The molecule has 0 saturated carbocycles. The quantitative estimate of drug-likeness (QED) is 0.872. The van der Waals surface area contributed by atoms with E-state index in [2.05, 4.69) is 36.4 Å². The lowest BCUT2D eigenvalue weighted by atomic mass is 9.94. The van der Waals surface area contributed by atoms with E-state index in [1.807, 2.05) is 13.2 Å². The van der Waals surface area contributed by atoms with E-state index in [1.54, 1.807) is 18.0 Å². The highest BCUT2D eigenvalue weighted by Crippen LogP contribution is 2.22. The fraction of sp³-hybridized carbons (Fsp3) is 0.692. The van der Waals surface area contributed by atoms with Gasteiger partial charge in [0.25, 0.3) is 0 Å². The zero-order chi connectivity index (χ0) is 14.5. The Morgan fingerprint density at radius 3 is 2.74 bits per heavy atom. The number of oxazole rings is 1. The second kappa shape index (κ2) is 6.84. The number of amides is 2. The molecule has 6 heteroatoms. The molecule has 0 radical (unpaired) electrons. The molecule has 0 aliphatic carbocycles. The summed E-state index contributed by atoms with van der Waals surface area (Å²) in [6, 6.07) is -0.0539. The Morgan fingerprint density at radius 1 is 1.53 bits per heavy atom. The molecule has 5 nitrogen and oxygen atoms in total. The molecule has 19 heavy (non-hydrogen) atoms. The van der Waals surface area contributed by atoms with E-state index in [4.69, 9.17) is 4.42 Å². The van der Waals surface area contributed by atoms with Gasteiger partial charge < -0.3 is 15.1 Å². The van der Waals surface area contributed by atoms with Crippen molar-refractivity contribution in [2.45, 2.75) is 45.7 Å². The predicted molar refractivity (Wildman–Crippen MR) is 78.4 cm³/mol. The van der Waals surface area contributed by atoms with Gasteiger partial charge in [0.15, 0.2) is 0 Å².